The van der Waals surface area contributed by atoms with Crippen LogP contribution in [0.4, 0.5) is 0 Å². The molecule has 0 fully saturated rings. The van der Waals surface area contributed by atoms with Crippen LogP contribution >= 0.6 is 0 Å². The fraction of sp³-hybridized carbons (Fsp3) is 0.667. The lowest BCUT2D eigenvalue weighted by atomic mass is 10.2. The van der Waals surface area contributed by atoms with Crippen molar-refractivity contribution in [3.8, 4) is 0 Å². The highest BCUT2D eigenvalue weighted by atomic mass is 15.3. The lowest BCUT2D eigenvalue weighted by Gasteiger charge is -2.16. The van der Waals surface area contributed by atoms with Crippen molar-refractivity contribution in [3.05, 3.63) is 18.0 Å². The minimum atomic E-state index is 0.491. The van der Waals surface area contributed by atoms with Crippen LogP contribution in [0.3, 0.4) is 0 Å². The number of hydrogen-bond donors (Lipinski definition) is 1. The van der Waals surface area contributed by atoms with E-state index in [1.54, 1.807) is 0 Å². The highest BCUT2D eigenvalue weighted by Gasteiger charge is 2.08. The molecule has 1 N–H and O–H groups in total. The molecule has 3 nitrogen and oxygen atoms in total. The zero-order chi connectivity index (χ0) is 8.97. The van der Waals surface area contributed by atoms with Crippen LogP contribution in [0.5, 0.6) is 0 Å². The van der Waals surface area contributed by atoms with Crippen LogP contribution in [0.2, 0.25) is 0 Å². The zero-order valence-corrected chi connectivity index (χ0v) is 8.04. The lowest BCUT2D eigenvalue weighted by molar-refractivity contribution is 0.417. The van der Waals surface area contributed by atoms with Gasteiger partial charge in [0.2, 0.25) is 0 Å². The van der Waals surface area contributed by atoms with E-state index in [9.17, 15) is 0 Å². The van der Waals surface area contributed by atoms with Gasteiger partial charge in [-0.25, -0.2) is 0 Å². The van der Waals surface area contributed by atoms with Gasteiger partial charge >= 0.3 is 0 Å². The lowest BCUT2D eigenvalue weighted by Crippen LogP contribution is -2.23. The molecular formula is C9H17N3. The number of aromatic nitrogens is 2. The van der Waals surface area contributed by atoms with Crippen LogP contribution in [-0.2, 0) is 0 Å². The summed E-state index contributed by atoms with van der Waals surface area (Å²) in [7, 11) is 1.97. The Bertz CT molecular complexity index is 229. The van der Waals surface area contributed by atoms with Crippen LogP contribution in [0.1, 0.15) is 25.1 Å². The maximum Gasteiger partial charge on any atom is 0.0643 e. The van der Waals surface area contributed by atoms with Gasteiger partial charge in [-0.05, 0) is 26.5 Å². The molecule has 3 heteroatoms. The van der Waals surface area contributed by atoms with Crippen LogP contribution < -0.4 is 5.32 Å². The van der Waals surface area contributed by atoms with Gasteiger partial charge in [0.15, 0.2) is 0 Å². The Balaban J connectivity index is 2.72. The summed E-state index contributed by atoms with van der Waals surface area (Å²) in [5.74, 6) is 0. The standard InChI is InChI=1S/C9H17N3/c1-4-9(7-10-3)12-8(2)5-6-11-12/h5-6,9-10H,4,7H2,1-3H3. The van der Waals surface area contributed by atoms with E-state index in [-0.39, 0.29) is 0 Å². The summed E-state index contributed by atoms with van der Waals surface area (Å²) in [6.07, 6.45) is 2.97. The second-order valence-corrected chi connectivity index (χ2v) is 3.04. The molecule has 0 amide bonds. The van der Waals surface area contributed by atoms with Crippen molar-refractivity contribution >= 4 is 0 Å². The van der Waals surface area contributed by atoms with Crippen molar-refractivity contribution < 1.29 is 0 Å². The number of aryl methyl sites for hydroxylation is 1. The van der Waals surface area contributed by atoms with Gasteiger partial charge in [0.25, 0.3) is 0 Å². The summed E-state index contributed by atoms with van der Waals surface area (Å²) >= 11 is 0. The monoisotopic (exact) mass is 167 g/mol. The molecule has 0 bridgehead atoms. The molecule has 1 atom stereocenters. The average molecular weight is 167 g/mol. The third-order valence-electron chi connectivity index (χ3n) is 2.13. The maximum absolute atomic E-state index is 4.28. The van der Waals surface area contributed by atoms with Gasteiger partial charge in [0.05, 0.1) is 6.04 Å². The highest BCUT2D eigenvalue weighted by Crippen LogP contribution is 2.10. The number of likely N-dealkylation sites (N-methyl/N-ethyl adjacent to an activating group) is 1. The first kappa shape index (κ1) is 9.26. The summed E-state index contributed by atoms with van der Waals surface area (Å²) in [5, 5.41) is 7.46. The van der Waals surface area contributed by atoms with E-state index in [0.717, 1.165) is 13.0 Å². The Morgan fingerprint density at radius 3 is 2.83 bits per heavy atom. The Kier molecular flexibility index (Phi) is 3.29. The SMILES string of the molecule is CCC(CNC)n1nccc1C. The molecule has 1 aromatic rings. The quantitative estimate of drug-likeness (QED) is 0.734. The topological polar surface area (TPSA) is 29.9 Å². The molecule has 12 heavy (non-hydrogen) atoms. The Hall–Kier alpha value is -0.830. The zero-order valence-electron chi connectivity index (χ0n) is 8.04. The van der Waals surface area contributed by atoms with E-state index in [0.29, 0.717) is 6.04 Å². The normalized spacial score (nSPS) is 13.2. The number of nitrogens with zero attached hydrogens (tertiary/aromatic N) is 2. The van der Waals surface area contributed by atoms with Crippen molar-refractivity contribution in [2.24, 2.45) is 0 Å². The smallest absolute Gasteiger partial charge is 0.0643 e. The van der Waals surface area contributed by atoms with Crippen molar-refractivity contribution in [1.29, 1.82) is 0 Å². The molecule has 1 unspecified atom stereocenters. The fourth-order valence-corrected chi connectivity index (χ4v) is 1.40. The summed E-state index contributed by atoms with van der Waals surface area (Å²) in [6, 6.07) is 2.53. The summed E-state index contributed by atoms with van der Waals surface area (Å²) in [6.45, 7) is 5.26. The van der Waals surface area contributed by atoms with Crippen LogP contribution in [0.25, 0.3) is 0 Å². The Morgan fingerprint density at radius 2 is 2.42 bits per heavy atom. The fourth-order valence-electron chi connectivity index (χ4n) is 1.40. The minimum Gasteiger partial charge on any atom is -0.318 e. The summed E-state index contributed by atoms with van der Waals surface area (Å²) in [5.41, 5.74) is 1.23. The first-order valence-corrected chi connectivity index (χ1v) is 4.44. The van der Waals surface area contributed by atoms with E-state index < -0.39 is 0 Å². The van der Waals surface area contributed by atoms with Gasteiger partial charge in [-0.15, -0.1) is 0 Å². The molecule has 0 saturated heterocycles. The Labute approximate surface area is 73.8 Å². The number of rotatable bonds is 4. The summed E-state index contributed by atoms with van der Waals surface area (Å²) < 4.78 is 2.08. The molecule has 1 rings (SSSR count). The van der Waals surface area contributed by atoms with Crippen molar-refractivity contribution in [2.45, 2.75) is 26.3 Å². The Morgan fingerprint density at radius 1 is 1.67 bits per heavy atom. The second-order valence-electron chi connectivity index (χ2n) is 3.04. The molecule has 0 aromatic carbocycles. The molecule has 0 radical (unpaired) electrons. The molecule has 0 aliphatic carbocycles. The van der Waals surface area contributed by atoms with Crippen LogP contribution in [-0.4, -0.2) is 23.4 Å². The molecule has 0 aliphatic rings. The van der Waals surface area contributed by atoms with Crippen molar-refractivity contribution in [2.75, 3.05) is 13.6 Å². The van der Waals surface area contributed by atoms with Crippen LogP contribution in [0, 0.1) is 6.92 Å². The van der Waals surface area contributed by atoms with Crippen molar-refractivity contribution in [1.82, 2.24) is 15.1 Å². The van der Waals surface area contributed by atoms with E-state index in [2.05, 4.69) is 28.9 Å². The maximum atomic E-state index is 4.28. The molecule has 1 heterocycles. The van der Waals surface area contributed by atoms with Gasteiger partial charge in [0, 0.05) is 18.4 Å². The molecule has 0 aliphatic heterocycles. The number of hydrogen-bond acceptors (Lipinski definition) is 2. The van der Waals surface area contributed by atoms with E-state index >= 15 is 0 Å². The molecule has 0 saturated carbocycles. The molecule has 68 valence electrons. The second kappa shape index (κ2) is 4.26. The molecular weight excluding hydrogens is 150 g/mol. The largest absolute Gasteiger partial charge is 0.318 e. The highest BCUT2D eigenvalue weighted by molar-refractivity contribution is 4.98. The van der Waals surface area contributed by atoms with Crippen LogP contribution in [0.15, 0.2) is 12.3 Å². The van der Waals surface area contributed by atoms with Gasteiger partial charge in [-0.3, -0.25) is 4.68 Å². The van der Waals surface area contributed by atoms with Gasteiger partial charge in [-0.1, -0.05) is 6.92 Å². The van der Waals surface area contributed by atoms with Gasteiger partial charge < -0.3 is 5.32 Å². The molecule has 1 aromatic heterocycles. The predicted molar refractivity (Wildman–Crippen MR) is 50.2 cm³/mol. The predicted octanol–water partition coefficient (Wildman–Crippen LogP) is 1.36. The first-order valence-electron chi connectivity index (χ1n) is 4.44. The van der Waals surface area contributed by atoms with E-state index in [4.69, 9.17) is 0 Å². The third kappa shape index (κ3) is 1.85. The van der Waals surface area contributed by atoms with E-state index in [1.165, 1.54) is 5.69 Å². The van der Waals surface area contributed by atoms with Crippen molar-refractivity contribution in [3.63, 3.8) is 0 Å². The van der Waals surface area contributed by atoms with Gasteiger partial charge in [0.1, 0.15) is 0 Å². The third-order valence-corrected chi connectivity index (χ3v) is 2.13. The summed E-state index contributed by atoms with van der Waals surface area (Å²) in [4.78, 5) is 0. The van der Waals surface area contributed by atoms with Gasteiger partial charge in [-0.2, -0.15) is 5.10 Å². The average Bonchev–Trinajstić information content (AvgIpc) is 2.47. The van der Waals surface area contributed by atoms with E-state index in [1.807, 2.05) is 19.3 Å². The minimum absolute atomic E-state index is 0.491. The first-order chi connectivity index (χ1) is 5.79. The molecule has 0 spiro atoms. The number of nitrogens with one attached hydrogen (secondary N) is 1.